The highest BCUT2D eigenvalue weighted by molar-refractivity contribution is 5.66. The minimum atomic E-state index is -0.930. The average Bonchev–Trinajstić information content (AvgIpc) is 2.66. The van der Waals surface area contributed by atoms with E-state index in [2.05, 4.69) is 10.1 Å². The van der Waals surface area contributed by atoms with Crippen LogP contribution >= 0.6 is 0 Å². The number of hydrogen-bond donors (Lipinski definition) is 1. The molecule has 5 heteroatoms. The van der Waals surface area contributed by atoms with Gasteiger partial charge in [-0.2, -0.15) is 5.10 Å². The molecule has 0 unspecified atom stereocenters. The highest BCUT2D eigenvalue weighted by atomic mass is 16.4. The molecule has 5 nitrogen and oxygen atoms in total. The lowest BCUT2D eigenvalue weighted by molar-refractivity contribution is -0.137. The van der Waals surface area contributed by atoms with E-state index in [1.54, 1.807) is 0 Å². The number of nitrogens with zero attached hydrogens (tertiary/aromatic N) is 3. The number of carboxylic acid groups (broad SMARTS) is 1. The molecule has 2 rings (SSSR count). The van der Waals surface area contributed by atoms with Gasteiger partial charge in [-0.25, -0.2) is 9.67 Å². The summed E-state index contributed by atoms with van der Waals surface area (Å²) in [7, 11) is 0. The number of rotatable bonds is 3. The first kappa shape index (κ1) is 10.4. The monoisotopic (exact) mass is 217 g/mol. The summed E-state index contributed by atoms with van der Waals surface area (Å²) in [6.07, 6.45) is 1.42. The molecule has 1 aromatic heterocycles. The van der Waals surface area contributed by atoms with Gasteiger partial charge in [-0.05, 0) is 6.92 Å². The Kier molecular flexibility index (Phi) is 2.68. The first-order chi connectivity index (χ1) is 7.65. The van der Waals surface area contributed by atoms with Crippen molar-refractivity contribution in [2.45, 2.75) is 13.5 Å². The van der Waals surface area contributed by atoms with Crippen molar-refractivity contribution in [1.29, 1.82) is 0 Å². The fourth-order valence-corrected chi connectivity index (χ4v) is 1.34. The molecule has 0 aliphatic carbocycles. The third-order valence-electron chi connectivity index (χ3n) is 2.14. The normalized spacial score (nSPS) is 10.3. The molecule has 0 amide bonds. The molecule has 2 aromatic rings. The number of carboxylic acids is 1. The SMILES string of the molecule is Cc1ccc(-c2ncn(CC(=O)O)n2)cc1. The molecule has 16 heavy (non-hydrogen) atoms. The van der Waals surface area contributed by atoms with Gasteiger partial charge in [0.15, 0.2) is 5.82 Å². The summed E-state index contributed by atoms with van der Waals surface area (Å²) >= 11 is 0. The zero-order valence-electron chi connectivity index (χ0n) is 8.79. The summed E-state index contributed by atoms with van der Waals surface area (Å²) < 4.78 is 1.30. The Bertz CT molecular complexity index is 502. The molecule has 0 saturated heterocycles. The summed E-state index contributed by atoms with van der Waals surface area (Å²) in [5, 5.41) is 12.7. The molecule has 1 N–H and O–H groups in total. The van der Waals surface area contributed by atoms with Gasteiger partial charge in [0.25, 0.3) is 0 Å². The Labute approximate surface area is 92.4 Å². The van der Waals surface area contributed by atoms with E-state index < -0.39 is 5.97 Å². The number of carbonyl (C=O) groups is 1. The lowest BCUT2D eigenvalue weighted by atomic mass is 10.1. The molecule has 0 atom stereocenters. The van der Waals surface area contributed by atoms with Crippen molar-refractivity contribution in [2.75, 3.05) is 0 Å². The standard InChI is InChI=1S/C11H11N3O2/c1-8-2-4-9(5-3-8)11-12-7-14(13-11)6-10(15)16/h2-5,7H,6H2,1H3,(H,15,16). The molecule has 0 spiro atoms. The Hall–Kier alpha value is -2.17. The van der Waals surface area contributed by atoms with Crippen LogP contribution in [0.3, 0.4) is 0 Å². The van der Waals surface area contributed by atoms with Crippen LogP contribution in [0.25, 0.3) is 11.4 Å². The minimum Gasteiger partial charge on any atom is -0.480 e. The van der Waals surface area contributed by atoms with Crippen molar-refractivity contribution >= 4 is 5.97 Å². The maximum absolute atomic E-state index is 10.5. The fraction of sp³-hybridized carbons (Fsp3) is 0.182. The predicted molar refractivity (Wildman–Crippen MR) is 57.8 cm³/mol. The molecule has 82 valence electrons. The van der Waals surface area contributed by atoms with Crippen molar-refractivity contribution in [1.82, 2.24) is 14.8 Å². The van der Waals surface area contributed by atoms with Crippen molar-refractivity contribution in [3.8, 4) is 11.4 Å². The van der Waals surface area contributed by atoms with Crippen LogP contribution in [0.1, 0.15) is 5.56 Å². The Balaban J connectivity index is 2.24. The lowest BCUT2D eigenvalue weighted by Crippen LogP contribution is -2.08. The van der Waals surface area contributed by atoms with E-state index >= 15 is 0 Å². The van der Waals surface area contributed by atoms with Gasteiger partial charge in [0.2, 0.25) is 0 Å². The highest BCUT2D eigenvalue weighted by Crippen LogP contribution is 2.14. The van der Waals surface area contributed by atoms with Crippen LogP contribution < -0.4 is 0 Å². The van der Waals surface area contributed by atoms with E-state index in [1.165, 1.54) is 11.0 Å². The second-order valence-corrected chi connectivity index (χ2v) is 3.53. The smallest absolute Gasteiger partial charge is 0.325 e. The molecule has 1 heterocycles. The Morgan fingerprint density at radius 2 is 2.06 bits per heavy atom. The van der Waals surface area contributed by atoms with Crippen LogP contribution in [0.5, 0.6) is 0 Å². The predicted octanol–water partition coefficient (Wildman–Crippen LogP) is 1.34. The molecule has 0 radical (unpaired) electrons. The molecule has 0 saturated carbocycles. The van der Waals surface area contributed by atoms with Gasteiger partial charge in [0.05, 0.1) is 0 Å². The summed E-state index contributed by atoms with van der Waals surface area (Å²) in [6.45, 7) is 1.83. The van der Waals surface area contributed by atoms with E-state index in [9.17, 15) is 4.79 Å². The second kappa shape index (κ2) is 4.14. The number of benzene rings is 1. The molecule has 0 fully saturated rings. The van der Waals surface area contributed by atoms with Crippen LogP contribution in [0.4, 0.5) is 0 Å². The number of aryl methyl sites for hydroxylation is 1. The number of aromatic nitrogens is 3. The van der Waals surface area contributed by atoms with E-state index in [0.717, 1.165) is 11.1 Å². The highest BCUT2D eigenvalue weighted by Gasteiger charge is 2.05. The molecular weight excluding hydrogens is 206 g/mol. The summed E-state index contributed by atoms with van der Waals surface area (Å²) in [6, 6.07) is 7.76. The van der Waals surface area contributed by atoms with Gasteiger partial charge in [-0.1, -0.05) is 29.8 Å². The molecule has 0 aliphatic rings. The van der Waals surface area contributed by atoms with E-state index in [1.807, 2.05) is 31.2 Å². The number of hydrogen-bond acceptors (Lipinski definition) is 3. The van der Waals surface area contributed by atoms with Gasteiger partial charge in [0, 0.05) is 5.56 Å². The van der Waals surface area contributed by atoms with Crippen LogP contribution in [0.15, 0.2) is 30.6 Å². The summed E-state index contributed by atoms with van der Waals surface area (Å²) in [4.78, 5) is 14.5. The third-order valence-corrected chi connectivity index (χ3v) is 2.14. The first-order valence-electron chi connectivity index (χ1n) is 4.83. The fourth-order valence-electron chi connectivity index (χ4n) is 1.34. The van der Waals surface area contributed by atoms with Gasteiger partial charge in [-0.3, -0.25) is 4.79 Å². The van der Waals surface area contributed by atoms with E-state index in [0.29, 0.717) is 5.82 Å². The van der Waals surface area contributed by atoms with Crippen LogP contribution in [-0.4, -0.2) is 25.8 Å². The van der Waals surface area contributed by atoms with Gasteiger partial charge >= 0.3 is 5.97 Å². The van der Waals surface area contributed by atoms with Crippen LogP contribution in [0, 0.1) is 6.92 Å². The van der Waals surface area contributed by atoms with E-state index in [4.69, 9.17) is 5.11 Å². The molecule has 0 bridgehead atoms. The second-order valence-electron chi connectivity index (χ2n) is 3.53. The molecular formula is C11H11N3O2. The van der Waals surface area contributed by atoms with Crippen LogP contribution in [0.2, 0.25) is 0 Å². The van der Waals surface area contributed by atoms with Crippen molar-refractivity contribution in [3.05, 3.63) is 36.2 Å². The van der Waals surface area contributed by atoms with Crippen molar-refractivity contribution in [3.63, 3.8) is 0 Å². The Morgan fingerprint density at radius 3 is 2.69 bits per heavy atom. The molecule has 1 aromatic carbocycles. The Morgan fingerprint density at radius 1 is 1.38 bits per heavy atom. The largest absolute Gasteiger partial charge is 0.480 e. The van der Waals surface area contributed by atoms with E-state index in [-0.39, 0.29) is 6.54 Å². The third kappa shape index (κ3) is 2.25. The van der Waals surface area contributed by atoms with Gasteiger partial charge in [-0.15, -0.1) is 0 Å². The van der Waals surface area contributed by atoms with Gasteiger partial charge < -0.3 is 5.11 Å². The molecule has 0 aliphatic heterocycles. The zero-order chi connectivity index (χ0) is 11.5. The average molecular weight is 217 g/mol. The van der Waals surface area contributed by atoms with Crippen molar-refractivity contribution < 1.29 is 9.90 Å². The summed E-state index contributed by atoms with van der Waals surface area (Å²) in [5.41, 5.74) is 2.04. The van der Waals surface area contributed by atoms with Crippen molar-refractivity contribution in [2.24, 2.45) is 0 Å². The lowest BCUT2D eigenvalue weighted by Gasteiger charge is -1.96. The van der Waals surface area contributed by atoms with Crippen LogP contribution in [-0.2, 0) is 11.3 Å². The summed E-state index contributed by atoms with van der Waals surface area (Å²) in [5.74, 6) is -0.387. The quantitative estimate of drug-likeness (QED) is 0.842. The first-order valence-corrected chi connectivity index (χ1v) is 4.83. The zero-order valence-corrected chi connectivity index (χ0v) is 8.79. The maximum Gasteiger partial charge on any atom is 0.325 e. The maximum atomic E-state index is 10.5. The topological polar surface area (TPSA) is 68.0 Å². The number of aliphatic carboxylic acids is 1. The minimum absolute atomic E-state index is 0.168. The van der Waals surface area contributed by atoms with Gasteiger partial charge in [0.1, 0.15) is 12.9 Å².